The number of rotatable bonds is 2. The second kappa shape index (κ2) is 5.42. The molecule has 8 nitrogen and oxygen atoms in total. The fourth-order valence-corrected chi connectivity index (χ4v) is 3.54. The summed E-state index contributed by atoms with van der Waals surface area (Å²) in [6.45, 7) is 0.303. The Morgan fingerprint density at radius 1 is 1.19 bits per heavy atom. The largest absolute Gasteiger partial charge is 0.450 e. The topological polar surface area (TPSA) is 99.9 Å². The van der Waals surface area contributed by atoms with Gasteiger partial charge in [-0.25, -0.2) is 0 Å². The number of hydrogen-bond donors (Lipinski definition) is 1. The number of para-hydroxylation sites is 1. The first-order valence-electron chi connectivity index (χ1n) is 8.19. The van der Waals surface area contributed by atoms with Crippen LogP contribution in [0.4, 0.5) is 0 Å². The lowest BCUT2D eigenvalue weighted by molar-refractivity contribution is -0.134. The maximum absolute atomic E-state index is 13.1. The highest BCUT2D eigenvalue weighted by Gasteiger charge is 2.56. The van der Waals surface area contributed by atoms with E-state index in [1.807, 2.05) is 0 Å². The molecule has 2 aliphatic heterocycles. The fraction of sp³-hybridized carbons (Fsp3) is 0.333. The van der Waals surface area contributed by atoms with E-state index in [-0.39, 0.29) is 48.6 Å². The molecule has 4 amide bonds. The molecular formula is C18H17N3O5. The molecule has 0 aliphatic carbocycles. The molecule has 134 valence electrons. The van der Waals surface area contributed by atoms with Crippen LogP contribution >= 0.6 is 0 Å². The molecule has 4 rings (SSSR count). The van der Waals surface area contributed by atoms with E-state index < -0.39 is 11.3 Å². The smallest absolute Gasteiger partial charge is 0.289 e. The monoisotopic (exact) mass is 355 g/mol. The minimum absolute atomic E-state index is 0.0194. The number of fused-ring (bicyclic) bond motifs is 1. The van der Waals surface area contributed by atoms with Crippen LogP contribution in [-0.2, 0) is 9.59 Å². The van der Waals surface area contributed by atoms with Crippen LogP contribution in [0.5, 0.6) is 0 Å². The molecule has 1 aromatic carbocycles. The van der Waals surface area contributed by atoms with E-state index in [2.05, 4.69) is 5.32 Å². The minimum Gasteiger partial charge on any atom is -0.450 e. The summed E-state index contributed by atoms with van der Waals surface area (Å²) in [5.41, 5.74) is -0.193. The molecule has 0 saturated carbocycles. The van der Waals surface area contributed by atoms with Crippen LogP contribution in [0.1, 0.15) is 27.3 Å². The van der Waals surface area contributed by atoms with Gasteiger partial charge in [0, 0.05) is 39.0 Å². The van der Waals surface area contributed by atoms with Gasteiger partial charge in [0.05, 0.1) is 11.0 Å². The molecule has 1 aromatic heterocycles. The van der Waals surface area contributed by atoms with E-state index in [1.54, 1.807) is 38.4 Å². The van der Waals surface area contributed by atoms with Gasteiger partial charge in [0.25, 0.3) is 11.8 Å². The van der Waals surface area contributed by atoms with Crippen molar-refractivity contribution in [3.63, 3.8) is 0 Å². The van der Waals surface area contributed by atoms with Crippen molar-refractivity contribution in [3.8, 4) is 0 Å². The van der Waals surface area contributed by atoms with E-state index in [0.717, 1.165) is 0 Å². The van der Waals surface area contributed by atoms with Gasteiger partial charge in [-0.15, -0.1) is 0 Å². The van der Waals surface area contributed by atoms with Crippen LogP contribution < -0.4 is 5.32 Å². The van der Waals surface area contributed by atoms with E-state index in [4.69, 9.17) is 4.42 Å². The number of amides is 4. The molecule has 3 heterocycles. The Hall–Kier alpha value is -3.16. The lowest BCUT2D eigenvalue weighted by Gasteiger charge is -2.45. The first-order valence-corrected chi connectivity index (χ1v) is 8.19. The van der Waals surface area contributed by atoms with Crippen molar-refractivity contribution in [2.75, 3.05) is 27.2 Å². The van der Waals surface area contributed by atoms with E-state index >= 15 is 0 Å². The Bertz CT molecular complexity index is 968. The predicted molar refractivity (Wildman–Crippen MR) is 90.3 cm³/mol. The number of nitrogens with zero attached hydrogens (tertiary/aromatic N) is 2. The van der Waals surface area contributed by atoms with Crippen LogP contribution in [0.3, 0.4) is 0 Å². The van der Waals surface area contributed by atoms with Gasteiger partial charge in [0.15, 0.2) is 0 Å². The molecule has 0 atom stereocenters. The van der Waals surface area contributed by atoms with Crippen LogP contribution in [0, 0.1) is 5.41 Å². The highest BCUT2D eigenvalue weighted by molar-refractivity contribution is 6.15. The molecule has 26 heavy (non-hydrogen) atoms. The summed E-state index contributed by atoms with van der Waals surface area (Å²) < 4.78 is 5.65. The second-order valence-electron chi connectivity index (χ2n) is 7.00. The average Bonchev–Trinajstić information content (AvgIpc) is 3.09. The Labute approximate surface area is 148 Å². The molecule has 2 aromatic rings. The van der Waals surface area contributed by atoms with E-state index in [1.165, 1.54) is 9.80 Å². The number of benzene rings is 1. The van der Waals surface area contributed by atoms with Crippen molar-refractivity contribution in [3.05, 3.63) is 35.6 Å². The van der Waals surface area contributed by atoms with Gasteiger partial charge in [-0.05, 0) is 6.07 Å². The summed E-state index contributed by atoms with van der Waals surface area (Å²) in [4.78, 5) is 51.8. The molecule has 8 heteroatoms. The SMILES string of the molecule is CN(C)C(=O)c1oc2ccccc2c1C(=O)N1CC2(CC(=O)NC2=O)C1. The molecule has 2 fully saturated rings. The molecule has 1 N–H and O–H groups in total. The molecule has 0 bridgehead atoms. The standard InChI is InChI=1S/C18H17N3O5/c1-20(2)16(24)14-13(10-5-3-4-6-11(10)26-14)15(23)21-8-18(9-21)7-12(22)19-17(18)25/h3-6H,7-9H2,1-2H3,(H,19,22,25). The normalized spacial score (nSPS) is 18.2. The van der Waals surface area contributed by atoms with Gasteiger partial charge in [-0.3, -0.25) is 24.5 Å². The van der Waals surface area contributed by atoms with Crippen LogP contribution in [0.2, 0.25) is 0 Å². The second-order valence-corrected chi connectivity index (χ2v) is 7.00. The number of hydrogen-bond acceptors (Lipinski definition) is 5. The number of likely N-dealkylation sites (tertiary alicyclic amines) is 1. The van der Waals surface area contributed by atoms with Crippen molar-refractivity contribution >= 4 is 34.6 Å². The van der Waals surface area contributed by atoms with Gasteiger partial charge in [-0.2, -0.15) is 0 Å². The van der Waals surface area contributed by atoms with Gasteiger partial charge in [0.1, 0.15) is 5.58 Å². The fourth-order valence-electron chi connectivity index (χ4n) is 3.54. The summed E-state index contributed by atoms with van der Waals surface area (Å²) in [6, 6.07) is 6.94. The zero-order valence-electron chi connectivity index (χ0n) is 14.4. The summed E-state index contributed by atoms with van der Waals surface area (Å²) in [6.07, 6.45) is 0.0885. The third-order valence-corrected chi connectivity index (χ3v) is 4.92. The van der Waals surface area contributed by atoms with E-state index in [0.29, 0.717) is 11.0 Å². The molecule has 0 unspecified atom stereocenters. The quantitative estimate of drug-likeness (QED) is 0.796. The first-order chi connectivity index (χ1) is 12.3. The molecule has 2 saturated heterocycles. The van der Waals surface area contributed by atoms with Gasteiger partial charge in [0.2, 0.25) is 17.6 Å². The molecular weight excluding hydrogens is 338 g/mol. The van der Waals surface area contributed by atoms with Gasteiger partial charge < -0.3 is 14.2 Å². The molecule has 0 radical (unpaired) electrons. The number of nitrogens with one attached hydrogen (secondary N) is 1. The Morgan fingerprint density at radius 3 is 2.50 bits per heavy atom. The number of carbonyl (C=O) groups is 4. The third-order valence-electron chi connectivity index (χ3n) is 4.92. The summed E-state index contributed by atoms with van der Waals surface area (Å²) in [5.74, 6) is -1.46. The van der Waals surface area contributed by atoms with Crippen molar-refractivity contribution < 1.29 is 23.6 Å². The number of furan rings is 1. The maximum atomic E-state index is 13.1. The molecule has 2 aliphatic rings. The lowest BCUT2D eigenvalue weighted by atomic mass is 9.78. The van der Waals surface area contributed by atoms with Crippen molar-refractivity contribution in [2.45, 2.75) is 6.42 Å². The lowest BCUT2D eigenvalue weighted by Crippen LogP contribution is -2.61. The first kappa shape index (κ1) is 16.3. The molecule has 1 spiro atoms. The third kappa shape index (κ3) is 2.22. The van der Waals surface area contributed by atoms with Crippen molar-refractivity contribution in [1.29, 1.82) is 0 Å². The number of imide groups is 1. The highest BCUT2D eigenvalue weighted by atomic mass is 16.3. The van der Waals surface area contributed by atoms with Crippen LogP contribution in [0.25, 0.3) is 11.0 Å². The summed E-state index contributed by atoms with van der Waals surface area (Å²) >= 11 is 0. The zero-order chi connectivity index (χ0) is 18.6. The highest BCUT2D eigenvalue weighted by Crippen LogP contribution is 2.39. The maximum Gasteiger partial charge on any atom is 0.289 e. The van der Waals surface area contributed by atoms with Gasteiger partial charge in [-0.1, -0.05) is 18.2 Å². The van der Waals surface area contributed by atoms with Crippen molar-refractivity contribution in [2.24, 2.45) is 5.41 Å². The number of carbonyl (C=O) groups excluding carboxylic acids is 4. The Kier molecular flexibility index (Phi) is 3.40. The Balaban J connectivity index is 1.69. The zero-order valence-corrected chi connectivity index (χ0v) is 14.4. The summed E-state index contributed by atoms with van der Waals surface area (Å²) in [7, 11) is 3.16. The van der Waals surface area contributed by atoms with E-state index in [9.17, 15) is 19.2 Å². The van der Waals surface area contributed by atoms with Crippen LogP contribution in [0.15, 0.2) is 28.7 Å². The average molecular weight is 355 g/mol. The minimum atomic E-state index is -0.835. The van der Waals surface area contributed by atoms with Gasteiger partial charge >= 0.3 is 0 Å². The summed E-state index contributed by atoms with van der Waals surface area (Å²) in [5, 5.41) is 2.83. The van der Waals surface area contributed by atoms with Crippen molar-refractivity contribution in [1.82, 2.24) is 15.1 Å². The Morgan fingerprint density at radius 2 is 1.88 bits per heavy atom. The van der Waals surface area contributed by atoms with Crippen LogP contribution in [-0.4, -0.2) is 60.6 Å². The predicted octanol–water partition coefficient (Wildman–Crippen LogP) is 0.623.